The van der Waals surface area contributed by atoms with Crippen molar-refractivity contribution in [2.24, 2.45) is 17.3 Å². The van der Waals surface area contributed by atoms with E-state index in [9.17, 15) is 0 Å². The van der Waals surface area contributed by atoms with Gasteiger partial charge in [0.15, 0.2) is 0 Å². The smallest absolute Gasteiger partial charge is 0.00683 e. The molecule has 118 valence electrons. The summed E-state index contributed by atoms with van der Waals surface area (Å²) in [5, 5.41) is 6.22. The number of hydrogen-bond acceptors (Lipinski definition) is 2. The van der Waals surface area contributed by atoms with Gasteiger partial charge in [0, 0.05) is 10.9 Å². The van der Waals surface area contributed by atoms with Gasteiger partial charge in [-0.25, -0.2) is 0 Å². The molecule has 1 aromatic rings. The molecule has 21 heavy (non-hydrogen) atoms. The first-order valence-corrected chi connectivity index (χ1v) is 9.60. The summed E-state index contributed by atoms with van der Waals surface area (Å²) >= 11 is 1.93. The summed E-state index contributed by atoms with van der Waals surface area (Å²) in [7, 11) is 0. The van der Waals surface area contributed by atoms with Crippen molar-refractivity contribution >= 4 is 11.3 Å². The molecular weight excluding hydrogens is 274 g/mol. The fourth-order valence-corrected chi connectivity index (χ4v) is 4.71. The lowest BCUT2D eigenvalue weighted by molar-refractivity contribution is 0.129. The van der Waals surface area contributed by atoms with Crippen LogP contribution in [0, 0.1) is 24.2 Å². The summed E-state index contributed by atoms with van der Waals surface area (Å²) in [5.74, 6) is 2.50. The summed E-state index contributed by atoms with van der Waals surface area (Å²) in [6.07, 6.45) is 7.01. The van der Waals surface area contributed by atoms with Crippen LogP contribution in [0.2, 0.25) is 0 Å². The Hall–Kier alpha value is -0.340. The van der Waals surface area contributed by atoms with E-state index in [1.165, 1.54) is 43.5 Å². The van der Waals surface area contributed by atoms with Crippen LogP contribution in [-0.2, 0) is 0 Å². The van der Waals surface area contributed by atoms with Gasteiger partial charge in [-0.05, 0) is 85.8 Å². The molecule has 0 amide bonds. The molecule has 2 saturated carbocycles. The molecule has 0 aromatic carbocycles. The maximum atomic E-state index is 3.79. The summed E-state index contributed by atoms with van der Waals surface area (Å²) in [4.78, 5) is 1.47. The molecule has 1 N–H and O–H groups in total. The molecule has 1 aromatic heterocycles. The quantitative estimate of drug-likeness (QED) is 0.790. The minimum absolute atomic E-state index is 0.457. The van der Waals surface area contributed by atoms with Crippen molar-refractivity contribution in [1.82, 2.24) is 5.32 Å². The van der Waals surface area contributed by atoms with Crippen LogP contribution in [0.25, 0.3) is 0 Å². The molecular formula is C19H31NS. The summed E-state index contributed by atoms with van der Waals surface area (Å²) in [5.41, 5.74) is 2.08. The molecule has 3 unspecified atom stereocenters. The molecule has 1 nitrogen and oxygen atoms in total. The largest absolute Gasteiger partial charge is 0.314 e. The highest BCUT2D eigenvalue weighted by Crippen LogP contribution is 2.47. The predicted octanol–water partition coefficient (Wildman–Crippen LogP) is 5.35. The highest BCUT2D eigenvalue weighted by Gasteiger charge is 2.37. The minimum atomic E-state index is 0.457. The highest BCUT2D eigenvalue weighted by molar-refractivity contribution is 7.10. The molecule has 3 rings (SSSR count). The Morgan fingerprint density at radius 3 is 2.52 bits per heavy atom. The third-order valence-electron chi connectivity index (χ3n) is 5.64. The van der Waals surface area contributed by atoms with Crippen molar-refractivity contribution in [3.8, 4) is 0 Å². The SMILES string of the molecule is Cc1cc(C2CC(C(C)(C)C)CCC2CNC2CC2)cs1. The normalized spacial score (nSPS) is 30.6. The molecule has 2 heteroatoms. The van der Waals surface area contributed by atoms with Gasteiger partial charge in [0.2, 0.25) is 0 Å². The first-order chi connectivity index (χ1) is 9.93. The van der Waals surface area contributed by atoms with Crippen molar-refractivity contribution in [1.29, 1.82) is 0 Å². The lowest BCUT2D eigenvalue weighted by Crippen LogP contribution is -2.36. The molecule has 0 bridgehead atoms. The maximum absolute atomic E-state index is 3.79. The zero-order valence-electron chi connectivity index (χ0n) is 14.1. The van der Waals surface area contributed by atoms with E-state index in [2.05, 4.69) is 44.5 Å². The van der Waals surface area contributed by atoms with Gasteiger partial charge >= 0.3 is 0 Å². The fourth-order valence-electron chi connectivity index (χ4n) is 3.94. The molecule has 0 saturated heterocycles. The van der Waals surface area contributed by atoms with Crippen LogP contribution in [0.4, 0.5) is 0 Å². The van der Waals surface area contributed by atoms with Crippen LogP contribution in [-0.4, -0.2) is 12.6 Å². The van der Waals surface area contributed by atoms with Gasteiger partial charge in [-0.2, -0.15) is 0 Å². The van der Waals surface area contributed by atoms with Crippen molar-refractivity contribution < 1.29 is 0 Å². The number of rotatable bonds is 4. The van der Waals surface area contributed by atoms with Gasteiger partial charge in [-0.1, -0.05) is 20.8 Å². The van der Waals surface area contributed by atoms with Crippen LogP contribution < -0.4 is 5.32 Å². The van der Waals surface area contributed by atoms with E-state index in [0.717, 1.165) is 23.8 Å². The van der Waals surface area contributed by atoms with Gasteiger partial charge in [0.05, 0.1) is 0 Å². The Morgan fingerprint density at radius 2 is 1.95 bits per heavy atom. The van der Waals surface area contributed by atoms with E-state index in [1.807, 2.05) is 11.3 Å². The lowest BCUT2D eigenvalue weighted by atomic mass is 9.64. The van der Waals surface area contributed by atoms with Crippen molar-refractivity contribution in [2.75, 3.05) is 6.54 Å². The molecule has 0 radical (unpaired) electrons. The maximum Gasteiger partial charge on any atom is 0.00683 e. The molecule has 2 aliphatic rings. The van der Waals surface area contributed by atoms with E-state index in [4.69, 9.17) is 0 Å². The molecule has 0 aliphatic heterocycles. The summed E-state index contributed by atoms with van der Waals surface area (Å²) in [6, 6.07) is 3.29. The number of thiophene rings is 1. The van der Waals surface area contributed by atoms with Crippen LogP contribution in [0.15, 0.2) is 11.4 Å². The number of nitrogens with one attached hydrogen (secondary N) is 1. The standard InChI is InChI=1S/C19H31NS/c1-13-9-15(12-21-13)18-10-16(19(2,3)4)6-5-14(18)11-20-17-7-8-17/h9,12,14,16-18,20H,5-8,10-11H2,1-4H3. The number of hydrogen-bond donors (Lipinski definition) is 1. The average molecular weight is 306 g/mol. The van der Waals surface area contributed by atoms with Crippen molar-refractivity contribution in [3.63, 3.8) is 0 Å². The first kappa shape index (κ1) is 15.6. The predicted molar refractivity (Wildman–Crippen MR) is 93.1 cm³/mol. The minimum Gasteiger partial charge on any atom is -0.314 e. The van der Waals surface area contributed by atoms with Crippen molar-refractivity contribution in [2.45, 2.75) is 71.8 Å². The van der Waals surface area contributed by atoms with E-state index in [-0.39, 0.29) is 0 Å². The third kappa shape index (κ3) is 3.90. The molecule has 2 aliphatic carbocycles. The van der Waals surface area contributed by atoms with Gasteiger partial charge in [-0.15, -0.1) is 11.3 Å². The van der Waals surface area contributed by atoms with E-state index >= 15 is 0 Å². The second-order valence-corrected chi connectivity index (χ2v) is 9.53. The molecule has 2 fully saturated rings. The first-order valence-electron chi connectivity index (χ1n) is 8.72. The van der Waals surface area contributed by atoms with Crippen LogP contribution in [0.5, 0.6) is 0 Å². The van der Waals surface area contributed by atoms with E-state index in [1.54, 1.807) is 5.56 Å². The van der Waals surface area contributed by atoms with Crippen LogP contribution in [0.1, 0.15) is 69.2 Å². The Labute approximate surface area is 134 Å². The zero-order chi connectivity index (χ0) is 15.0. The van der Waals surface area contributed by atoms with Gasteiger partial charge in [-0.3, -0.25) is 0 Å². The molecule has 3 atom stereocenters. The van der Waals surface area contributed by atoms with Gasteiger partial charge < -0.3 is 5.32 Å². The highest BCUT2D eigenvalue weighted by atomic mass is 32.1. The third-order valence-corrected chi connectivity index (χ3v) is 6.52. The lowest BCUT2D eigenvalue weighted by Gasteiger charge is -2.42. The summed E-state index contributed by atoms with van der Waals surface area (Å²) < 4.78 is 0. The Morgan fingerprint density at radius 1 is 1.19 bits per heavy atom. The topological polar surface area (TPSA) is 12.0 Å². The fraction of sp³-hybridized carbons (Fsp3) is 0.789. The number of aryl methyl sites for hydroxylation is 1. The second kappa shape index (κ2) is 6.04. The zero-order valence-corrected chi connectivity index (χ0v) is 14.9. The van der Waals surface area contributed by atoms with Crippen molar-refractivity contribution in [3.05, 3.63) is 21.9 Å². The Bertz CT molecular complexity index is 466. The monoisotopic (exact) mass is 305 g/mol. The Kier molecular flexibility index (Phi) is 4.47. The second-order valence-electron chi connectivity index (χ2n) is 8.42. The van der Waals surface area contributed by atoms with Gasteiger partial charge in [0.25, 0.3) is 0 Å². The van der Waals surface area contributed by atoms with Crippen LogP contribution in [0.3, 0.4) is 0 Å². The molecule has 0 spiro atoms. The van der Waals surface area contributed by atoms with Gasteiger partial charge in [0.1, 0.15) is 0 Å². The van der Waals surface area contributed by atoms with E-state index < -0.39 is 0 Å². The van der Waals surface area contributed by atoms with Crippen LogP contribution >= 0.6 is 11.3 Å². The van der Waals surface area contributed by atoms with E-state index in [0.29, 0.717) is 5.41 Å². The summed E-state index contributed by atoms with van der Waals surface area (Å²) in [6.45, 7) is 10.8. The average Bonchev–Trinajstić information content (AvgIpc) is 3.16. The molecule has 1 heterocycles. The Balaban J connectivity index is 1.72.